The zero-order valence-corrected chi connectivity index (χ0v) is 35.3. The lowest BCUT2D eigenvalue weighted by Crippen LogP contribution is -2.45. The first-order valence-electron chi connectivity index (χ1n) is 23.6. The van der Waals surface area contributed by atoms with E-state index in [1.165, 1.54) is 205 Å². The van der Waals surface area contributed by atoms with Gasteiger partial charge in [0, 0.05) is 6.42 Å². The largest absolute Gasteiger partial charge is 0.394 e. The number of allylic oxidation sites excluding steroid dienone is 3. The summed E-state index contributed by atoms with van der Waals surface area (Å²) in [7, 11) is 0. The van der Waals surface area contributed by atoms with Crippen molar-refractivity contribution >= 4 is 5.91 Å². The number of aliphatic hydroxyl groups excluding tert-OH is 2. The van der Waals surface area contributed by atoms with Crippen LogP contribution in [0, 0.1) is 0 Å². The number of carbonyl (C=O) groups is 1. The van der Waals surface area contributed by atoms with Crippen molar-refractivity contribution in [3.8, 4) is 0 Å². The fraction of sp³-hybridized carbons (Fsp3) is 0.896. The summed E-state index contributed by atoms with van der Waals surface area (Å²) in [4.78, 5) is 12.4. The Morgan fingerprint density at radius 1 is 0.442 bits per heavy atom. The van der Waals surface area contributed by atoms with E-state index in [1.54, 1.807) is 6.08 Å². The average Bonchev–Trinajstić information content (AvgIpc) is 3.15. The van der Waals surface area contributed by atoms with Gasteiger partial charge in [-0.3, -0.25) is 4.79 Å². The van der Waals surface area contributed by atoms with Crippen molar-refractivity contribution in [2.24, 2.45) is 0 Å². The second-order valence-corrected chi connectivity index (χ2v) is 16.2. The van der Waals surface area contributed by atoms with Crippen LogP contribution in [0.25, 0.3) is 0 Å². The maximum Gasteiger partial charge on any atom is 0.220 e. The Labute approximate surface area is 326 Å². The summed E-state index contributed by atoms with van der Waals surface area (Å²) in [6, 6.07) is -0.634. The molecule has 4 heteroatoms. The highest BCUT2D eigenvalue weighted by atomic mass is 16.3. The molecule has 0 radical (unpaired) electrons. The topological polar surface area (TPSA) is 69.6 Å². The van der Waals surface area contributed by atoms with E-state index in [0.29, 0.717) is 6.42 Å². The first kappa shape index (κ1) is 50.9. The van der Waals surface area contributed by atoms with Crippen molar-refractivity contribution in [1.29, 1.82) is 0 Å². The third-order valence-corrected chi connectivity index (χ3v) is 10.9. The Bertz CT molecular complexity index is 750. The number of aliphatic hydroxyl groups is 2. The molecular weight excluding hydrogens is 639 g/mol. The molecule has 0 aromatic carbocycles. The van der Waals surface area contributed by atoms with Crippen LogP contribution in [0.5, 0.6) is 0 Å². The fourth-order valence-electron chi connectivity index (χ4n) is 7.31. The van der Waals surface area contributed by atoms with E-state index in [9.17, 15) is 15.0 Å². The molecule has 1 amide bonds. The van der Waals surface area contributed by atoms with Gasteiger partial charge in [0.1, 0.15) is 0 Å². The molecule has 0 aromatic heterocycles. The first-order valence-corrected chi connectivity index (χ1v) is 23.6. The molecule has 0 aromatic rings. The number of hydrogen-bond acceptors (Lipinski definition) is 3. The lowest BCUT2D eigenvalue weighted by Gasteiger charge is -2.19. The fourth-order valence-corrected chi connectivity index (χ4v) is 7.31. The normalized spacial score (nSPS) is 13.1. The van der Waals surface area contributed by atoms with Gasteiger partial charge >= 0.3 is 0 Å². The van der Waals surface area contributed by atoms with Crippen molar-refractivity contribution in [3.05, 3.63) is 24.3 Å². The third kappa shape index (κ3) is 40.1. The zero-order chi connectivity index (χ0) is 37.8. The molecule has 0 saturated carbocycles. The summed E-state index contributed by atoms with van der Waals surface area (Å²) in [6.07, 6.45) is 57.3. The van der Waals surface area contributed by atoms with Crippen molar-refractivity contribution in [2.75, 3.05) is 6.61 Å². The van der Waals surface area contributed by atoms with Crippen LogP contribution in [0.4, 0.5) is 0 Å². The summed E-state index contributed by atoms with van der Waals surface area (Å²) >= 11 is 0. The summed E-state index contributed by atoms with van der Waals surface area (Å²) in [5.74, 6) is -0.0693. The molecule has 0 saturated heterocycles. The van der Waals surface area contributed by atoms with Gasteiger partial charge in [-0.25, -0.2) is 0 Å². The monoisotopic (exact) mass is 732 g/mol. The van der Waals surface area contributed by atoms with Crippen LogP contribution >= 0.6 is 0 Å². The Hall–Kier alpha value is -1.13. The van der Waals surface area contributed by atoms with Gasteiger partial charge in [-0.1, -0.05) is 244 Å². The van der Waals surface area contributed by atoms with E-state index >= 15 is 0 Å². The number of hydrogen-bond donors (Lipinski definition) is 3. The Balaban J connectivity index is 3.52. The minimum Gasteiger partial charge on any atom is -0.394 e. The Morgan fingerprint density at radius 3 is 1.12 bits per heavy atom. The van der Waals surface area contributed by atoms with Crippen LogP contribution < -0.4 is 5.32 Å². The highest BCUT2D eigenvalue weighted by molar-refractivity contribution is 5.76. The molecule has 308 valence electrons. The first-order chi connectivity index (χ1) is 25.7. The average molecular weight is 732 g/mol. The molecule has 0 rings (SSSR count). The maximum atomic E-state index is 12.4. The predicted molar refractivity (Wildman–Crippen MR) is 230 cm³/mol. The van der Waals surface area contributed by atoms with E-state index < -0.39 is 12.1 Å². The van der Waals surface area contributed by atoms with Crippen LogP contribution in [0.1, 0.15) is 258 Å². The Morgan fingerprint density at radius 2 is 0.750 bits per heavy atom. The highest BCUT2D eigenvalue weighted by Gasteiger charge is 2.17. The molecule has 3 N–H and O–H groups in total. The quantitative estimate of drug-likeness (QED) is 0.0432. The van der Waals surface area contributed by atoms with E-state index in [0.717, 1.165) is 32.1 Å². The Kier molecular flexibility index (Phi) is 43.3. The maximum absolute atomic E-state index is 12.4. The van der Waals surface area contributed by atoms with E-state index in [-0.39, 0.29) is 12.5 Å². The standard InChI is InChI=1S/C48H93NO3/c1-3-5-7-9-11-13-15-17-19-21-22-23-24-25-26-27-28-30-32-34-36-38-40-42-44-48(52)49-46(45-50)47(51)43-41-39-37-35-33-31-29-20-18-16-14-12-10-8-6-4-2/h33,35,41,43,46-47,50-51H,3-32,34,36-40,42,44-45H2,1-2H3,(H,49,52)/b35-33+,43-41+. The van der Waals surface area contributed by atoms with Gasteiger partial charge in [0.2, 0.25) is 5.91 Å². The molecule has 2 unspecified atom stereocenters. The second kappa shape index (κ2) is 44.3. The van der Waals surface area contributed by atoms with Gasteiger partial charge in [0.05, 0.1) is 18.8 Å². The molecule has 0 heterocycles. The van der Waals surface area contributed by atoms with Crippen molar-refractivity contribution in [1.82, 2.24) is 5.32 Å². The van der Waals surface area contributed by atoms with Crippen LogP contribution in [-0.4, -0.2) is 34.9 Å². The van der Waals surface area contributed by atoms with E-state index in [1.807, 2.05) is 6.08 Å². The zero-order valence-electron chi connectivity index (χ0n) is 35.3. The molecule has 0 bridgehead atoms. The smallest absolute Gasteiger partial charge is 0.220 e. The lowest BCUT2D eigenvalue weighted by molar-refractivity contribution is -0.123. The minimum atomic E-state index is -0.858. The molecule has 52 heavy (non-hydrogen) atoms. The third-order valence-electron chi connectivity index (χ3n) is 10.9. The number of carbonyl (C=O) groups excluding carboxylic acids is 1. The molecule has 0 aliphatic rings. The van der Waals surface area contributed by atoms with Gasteiger partial charge < -0.3 is 15.5 Å². The van der Waals surface area contributed by atoms with Crippen molar-refractivity contribution in [3.63, 3.8) is 0 Å². The highest BCUT2D eigenvalue weighted by Crippen LogP contribution is 2.16. The molecule has 4 nitrogen and oxygen atoms in total. The number of amides is 1. The van der Waals surface area contributed by atoms with Gasteiger partial charge in [-0.15, -0.1) is 0 Å². The SMILES string of the molecule is CCCCCCCCCCCC/C=C/CC/C=C/C(O)C(CO)NC(=O)CCCCCCCCCCCCCCCCCCCCCCCCCC. The molecule has 0 aliphatic heterocycles. The predicted octanol–water partition coefficient (Wildman–Crippen LogP) is 14.8. The number of unbranched alkanes of at least 4 members (excludes halogenated alkanes) is 34. The van der Waals surface area contributed by atoms with Gasteiger partial charge in [-0.05, 0) is 32.1 Å². The second-order valence-electron chi connectivity index (χ2n) is 16.2. The minimum absolute atomic E-state index is 0.0693. The van der Waals surface area contributed by atoms with Gasteiger partial charge in [-0.2, -0.15) is 0 Å². The molecular formula is C48H93NO3. The number of nitrogens with one attached hydrogen (secondary N) is 1. The van der Waals surface area contributed by atoms with Crippen LogP contribution in [-0.2, 0) is 4.79 Å². The van der Waals surface area contributed by atoms with Gasteiger partial charge in [0.25, 0.3) is 0 Å². The van der Waals surface area contributed by atoms with E-state index in [2.05, 4.69) is 31.3 Å². The van der Waals surface area contributed by atoms with Crippen LogP contribution in [0.3, 0.4) is 0 Å². The molecule has 0 fully saturated rings. The van der Waals surface area contributed by atoms with Crippen molar-refractivity contribution in [2.45, 2.75) is 270 Å². The summed E-state index contributed by atoms with van der Waals surface area (Å²) in [5.41, 5.74) is 0. The molecule has 2 atom stereocenters. The molecule has 0 spiro atoms. The van der Waals surface area contributed by atoms with Crippen molar-refractivity contribution < 1.29 is 15.0 Å². The lowest BCUT2D eigenvalue weighted by atomic mass is 10.0. The van der Waals surface area contributed by atoms with Gasteiger partial charge in [0.15, 0.2) is 0 Å². The summed E-state index contributed by atoms with van der Waals surface area (Å²) in [5, 5.41) is 23.0. The van der Waals surface area contributed by atoms with Crippen LogP contribution in [0.15, 0.2) is 24.3 Å². The number of rotatable bonds is 43. The molecule has 0 aliphatic carbocycles. The summed E-state index contributed by atoms with van der Waals surface area (Å²) in [6.45, 7) is 4.32. The summed E-state index contributed by atoms with van der Waals surface area (Å²) < 4.78 is 0. The van der Waals surface area contributed by atoms with E-state index in [4.69, 9.17) is 0 Å². The van der Waals surface area contributed by atoms with Crippen LogP contribution in [0.2, 0.25) is 0 Å².